The molecule has 0 saturated heterocycles. The van der Waals surface area contributed by atoms with Crippen LogP contribution in [0.3, 0.4) is 0 Å². The van der Waals surface area contributed by atoms with Gasteiger partial charge in [-0.15, -0.1) is 0 Å². The topological polar surface area (TPSA) is 37.5 Å². The minimum atomic E-state index is -0.0748. The van der Waals surface area contributed by atoms with Crippen LogP contribution in [0.2, 0.25) is 0 Å². The number of furan rings is 1. The maximum Gasteiger partial charge on any atom is 0.143 e. The zero-order chi connectivity index (χ0) is 33.4. The van der Waals surface area contributed by atoms with Gasteiger partial charge in [-0.3, -0.25) is 0 Å². The molecule has 3 heteroatoms. The number of aliphatic imine (C=N–C) groups is 1. The molecule has 0 bridgehead atoms. The van der Waals surface area contributed by atoms with Crippen LogP contribution in [0, 0.1) is 0 Å². The van der Waals surface area contributed by atoms with Crippen LogP contribution in [0.1, 0.15) is 29.7 Å². The first-order chi connectivity index (χ1) is 24.7. The summed E-state index contributed by atoms with van der Waals surface area (Å²) in [4.78, 5) is 5.36. The lowest BCUT2D eigenvalue weighted by Gasteiger charge is -2.29. The molecule has 0 fully saturated rings. The van der Waals surface area contributed by atoms with E-state index >= 15 is 0 Å². The van der Waals surface area contributed by atoms with Crippen LogP contribution in [-0.2, 0) is 0 Å². The van der Waals surface area contributed by atoms with Crippen molar-refractivity contribution in [1.82, 2.24) is 5.32 Å². The largest absolute Gasteiger partial charge is 0.455 e. The molecule has 1 N–H and O–H groups in total. The van der Waals surface area contributed by atoms with Crippen molar-refractivity contribution in [3.05, 3.63) is 198 Å². The summed E-state index contributed by atoms with van der Waals surface area (Å²) in [6, 6.07) is 61.8. The number of fused-ring (bicyclic) bond motifs is 3. The Balaban J connectivity index is 1.16. The van der Waals surface area contributed by atoms with E-state index < -0.39 is 0 Å². The van der Waals surface area contributed by atoms with E-state index in [4.69, 9.17) is 9.41 Å². The van der Waals surface area contributed by atoms with Gasteiger partial charge in [-0.2, -0.15) is 0 Å². The van der Waals surface area contributed by atoms with E-state index in [1.54, 1.807) is 0 Å². The molecule has 0 radical (unpaired) electrons. The Morgan fingerprint density at radius 1 is 0.480 bits per heavy atom. The summed E-state index contributed by atoms with van der Waals surface area (Å²) >= 11 is 0. The van der Waals surface area contributed by atoms with Crippen molar-refractivity contribution in [2.45, 2.75) is 13.0 Å². The molecule has 9 rings (SSSR count). The van der Waals surface area contributed by atoms with E-state index in [-0.39, 0.29) is 6.04 Å². The minimum absolute atomic E-state index is 0.0748. The van der Waals surface area contributed by atoms with Crippen LogP contribution >= 0.6 is 0 Å². The number of hydrogen-bond donors (Lipinski definition) is 1. The Labute approximate surface area is 291 Å². The van der Waals surface area contributed by atoms with Gasteiger partial charge in [0.15, 0.2) is 0 Å². The molecule has 0 amide bonds. The van der Waals surface area contributed by atoms with E-state index in [0.717, 1.165) is 61.3 Å². The zero-order valence-corrected chi connectivity index (χ0v) is 27.7. The highest BCUT2D eigenvalue weighted by atomic mass is 16.3. The van der Waals surface area contributed by atoms with Crippen LogP contribution in [0.4, 0.5) is 0 Å². The van der Waals surface area contributed by atoms with Gasteiger partial charge in [0.2, 0.25) is 0 Å². The van der Waals surface area contributed by atoms with Crippen LogP contribution < -0.4 is 5.32 Å². The summed E-state index contributed by atoms with van der Waals surface area (Å²) in [6.45, 7) is 2.20. The Bertz CT molecular complexity index is 2530. The number of para-hydroxylation sites is 1. The molecule has 3 nitrogen and oxygen atoms in total. The molecule has 8 aromatic rings. The Morgan fingerprint density at radius 2 is 0.980 bits per heavy atom. The molecule has 1 unspecified atom stereocenters. The summed E-state index contributed by atoms with van der Waals surface area (Å²) in [5.41, 5.74) is 14.2. The van der Waals surface area contributed by atoms with Gasteiger partial charge in [-0.25, -0.2) is 4.99 Å². The third kappa shape index (κ3) is 5.30. The van der Waals surface area contributed by atoms with Gasteiger partial charge in [0.25, 0.3) is 0 Å². The Morgan fingerprint density at radius 3 is 1.62 bits per heavy atom. The highest BCUT2D eigenvalue weighted by Gasteiger charge is 2.27. The molecule has 238 valence electrons. The number of rotatable bonds is 6. The standard InChI is InChI=1S/C47H34N2O/c1-31-44(37-27-25-35(26-28-37)34-23-21-33(22-24-34)32-13-5-2-6-14-32)48-47(38-17-9-4-10-18-38)49-45(31)41-30-29-39(36-15-7-3-8-16-36)46-43(41)40-19-11-12-20-42(40)50-46/h2-30,44H,1H3,(H,48,49). The van der Waals surface area contributed by atoms with Crippen molar-refractivity contribution in [1.29, 1.82) is 0 Å². The number of amidine groups is 1. The molecule has 50 heavy (non-hydrogen) atoms. The fourth-order valence-corrected chi connectivity index (χ4v) is 7.19. The van der Waals surface area contributed by atoms with Crippen molar-refractivity contribution in [3.8, 4) is 33.4 Å². The third-order valence-electron chi connectivity index (χ3n) is 9.79. The van der Waals surface area contributed by atoms with Crippen molar-refractivity contribution < 1.29 is 4.42 Å². The maximum atomic E-state index is 6.63. The van der Waals surface area contributed by atoms with Gasteiger partial charge in [-0.05, 0) is 58.0 Å². The first-order valence-corrected chi connectivity index (χ1v) is 17.1. The molecule has 1 aromatic heterocycles. The molecule has 2 heterocycles. The van der Waals surface area contributed by atoms with Crippen LogP contribution in [0.5, 0.6) is 0 Å². The summed E-state index contributed by atoms with van der Waals surface area (Å²) < 4.78 is 6.63. The molecule has 1 aliphatic rings. The molecule has 0 aliphatic carbocycles. The smallest absolute Gasteiger partial charge is 0.143 e. The predicted molar refractivity (Wildman–Crippen MR) is 208 cm³/mol. The molecule has 1 aliphatic heterocycles. The Kier molecular flexibility index (Phi) is 7.44. The van der Waals surface area contributed by atoms with Gasteiger partial charge in [0.05, 0.1) is 11.7 Å². The fourth-order valence-electron chi connectivity index (χ4n) is 7.19. The van der Waals surface area contributed by atoms with Crippen molar-refractivity contribution in [2.24, 2.45) is 4.99 Å². The van der Waals surface area contributed by atoms with Gasteiger partial charge in [-0.1, -0.05) is 164 Å². The second-order valence-corrected chi connectivity index (χ2v) is 12.8. The Hall–Kier alpha value is -6.45. The zero-order valence-electron chi connectivity index (χ0n) is 27.7. The quantitative estimate of drug-likeness (QED) is 0.196. The normalized spacial score (nSPS) is 14.5. The molecule has 7 aromatic carbocycles. The number of nitrogens with zero attached hydrogens (tertiary/aromatic N) is 1. The van der Waals surface area contributed by atoms with Gasteiger partial charge >= 0.3 is 0 Å². The molecular weight excluding hydrogens is 609 g/mol. The predicted octanol–water partition coefficient (Wildman–Crippen LogP) is 12.1. The molecule has 0 saturated carbocycles. The number of hydrogen-bond acceptors (Lipinski definition) is 3. The average Bonchev–Trinajstić information content (AvgIpc) is 3.59. The van der Waals surface area contributed by atoms with Crippen LogP contribution in [-0.4, -0.2) is 5.84 Å². The summed E-state index contributed by atoms with van der Waals surface area (Å²) in [5, 5.41) is 5.98. The number of nitrogens with one attached hydrogen (secondary N) is 1. The lowest BCUT2D eigenvalue weighted by Crippen LogP contribution is -2.33. The highest BCUT2D eigenvalue weighted by Crippen LogP contribution is 2.43. The lowest BCUT2D eigenvalue weighted by molar-refractivity contribution is 0.670. The summed E-state index contributed by atoms with van der Waals surface area (Å²) in [6.07, 6.45) is 0. The average molecular weight is 643 g/mol. The van der Waals surface area contributed by atoms with E-state index in [1.165, 1.54) is 27.8 Å². The second-order valence-electron chi connectivity index (χ2n) is 12.8. The van der Waals surface area contributed by atoms with E-state index in [9.17, 15) is 0 Å². The van der Waals surface area contributed by atoms with Crippen molar-refractivity contribution in [3.63, 3.8) is 0 Å². The maximum absolute atomic E-state index is 6.63. The molecular formula is C47H34N2O. The minimum Gasteiger partial charge on any atom is -0.455 e. The first-order valence-electron chi connectivity index (χ1n) is 17.1. The SMILES string of the molecule is CC1=C(c2ccc(-c3ccccc3)c3oc4ccccc4c23)N=C(c2ccccc2)NC1c1ccc(-c2ccc(-c3ccccc3)cc2)cc1. The highest BCUT2D eigenvalue weighted by molar-refractivity contribution is 6.15. The van der Waals surface area contributed by atoms with Gasteiger partial charge in [0, 0.05) is 27.5 Å². The van der Waals surface area contributed by atoms with Gasteiger partial charge < -0.3 is 9.73 Å². The molecule has 0 spiro atoms. The van der Waals surface area contributed by atoms with Crippen LogP contribution in [0.15, 0.2) is 191 Å². The fraction of sp³-hybridized carbons (Fsp3) is 0.0426. The van der Waals surface area contributed by atoms with Crippen LogP contribution in [0.25, 0.3) is 61.0 Å². The van der Waals surface area contributed by atoms with Crippen molar-refractivity contribution >= 4 is 33.5 Å². The van der Waals surface area contributed by atoms with Crippen molar-refractivity contribution in [2.75, 3.05) is 0 Å². The summed E-state index contributed by atoms with van der Waals surface area (Å²) in [7, 11) is 0. The second kappa shape index (κ2) is 12.5. The van der Waals surface area contributed by atoms with E-state index in [1.807, 2.05) is 18.2 Å². The summed E-state index contributed by atoms with van der Waals surface area (Å²) in [5.74, 6) is 0.852. The monoisotopic (exact) mass is 642 g/mol. The first kappa shape index (κ1) is 29.7. The molecule has 1 atom stereocenters. The van der Waals surface area contributed by atoms with Gasteiger partial charge in [0.1, 0.15) is 17.0 Å². The third-order valence-corrected chi connectivity index (χ3v) is 9.79. The number of benzene rings is 7. The van der Waals surface area contributed by atoms with E-state index in [0.29, 0.717) is 0 Å². The van der Waals surface area contributed by atoms with E-state index in [2.05, 4.69) is 170 Å². The lowest BCUT2D eigenvalue weighted by atomic mass is 9.90.